The van der Waals surface area contributed by atoms with Gasteiger partial charge >= 0.3 is 0 Å². The van der Waals surface area contributed by atoms with E-state index in [0.29, 0.717) is 22.2 Å². The zero-order chi connectivity index (χ0) is 23.5. The summed E-state index contributed by atoms with van der Waals surface area (Å²) in [5, 5.41) is 2.67. The first-order chi connectivity index (χ1) is 15.2. The summed E-state index contributed by atoms with van der Waals surface area (Å²) in [5.74, 6) is -1.24. The maximum absolute atomic E-state index is 13.2. The molecule has 0 bridgehead atoms. The number of amides is 3. The Hall–Kier alpha value is -3.40. The fourth-order valence-electron chi connectivity index (χ4n) is 3.47. The van der Waals surface area contributed by atoms with Gasteiger partial charge < -0.3 is 15.0 Å². The third-order valence-electron chi connectivity index (χ3n) is 5.20. The van der Waals surface area contributed by atoms with Crippen LogP contribution in [0.2, 0.25) is 0 Å². The highest BCUT2D eigenvalue weighted by molar-refractivity contribution is 7.90. The van der Waals surface area contributed by atoms with Gasteiger partial charge in [0.2, 0.25) is 11.8 Å². The number of fused-ring (bicyclic) bond motifs is 1. The molecule has 0 aromatic heterocycles. The lowest BCUT2D eigenvalue weighted by molar-refractivity contribution is -0.140. The molecule has 0 spiro atoms. The second-order valence-corrected chi connectivity index (χ2v) is 9.09. The molecular weight excluding hydrogens is 434 g/mol. The lowest BCUT2D eigenvalue weighted by Crippen LogP contribution is -2.51. The number of ether oxygens (including phenoxy) is 1. The number of rotatable bonds is 8. The molecule has 2 aromatic rings. The average Bonchev–Trinajstić information content (AvgIpc) is 2.98. The maximum atomic E-state index is 13.2. The zero-order valence-corrected chi connectivity index (χ0v) is 18.9. The van der Waals surface area contributed by atoms with Crippen LogP contribution in [0, 0.1) is 0 Å². The van der Waals surface area contributed by atoms with E-state index < -0.39 is 34.4 Å². The van der Waals surface area contributed by atoms with E-state index >= 15 is 0 Å². The summed E-state index contributed by atoms with van der Waals surface area (Å²) < 4.78 is 31.5. The third kappa shape index (κ3) is 4.45. The van der Waals surface area contributed by atoms with E-state index in [0.717, 1.165) is 0 Å². The van der Waals surface area contributed by atoms with Gasteiger partial charge in [-0.3, -0.25) is 14.4 Å². The topological polar surface area (TPSA) is 113 Å². The van der Waals surface area contributed by atoms with Gasteiger partial charge in [-0.15, -0.1) is 0 Å². The Morgan fingerprint density at radius 3 is 2.53 bits per heavy atom. The lowest BCUT2D eigenvalue weighted by atomic mass is 10.1. The molecule has 3 rings (SSSR count). The molecule has 170 valence electrons. The first kappa shape index (κ1) is 23.3. The van der Waals surface area contributed by atoms with Crippen LogP contribution < -0.4 is 10.1 Å². The molecule has 0 unspecified atom stereocenters. The Balaban J connectivity index is 1.90. The number of sulfonamides is 1. The number of carbonyl (C=O) groups excluding carboxylic acids is 3. The molecule has 32 heavy (non-hydrogen) atoms. The highest BCUT2D eigenvalue weighted by atomic mass is 32.2. The fourth-order valence-corrected chi connectivity index (χ4v) is 4.99. The molecule has 0 saturated carbocycles. The van der Waals surface area contributed by atoms with Gasteiger partial charge in [0.15, 0.2) is 0 Å². The van der Waals surface area contributed by atoms with Crippen molar-refractivity contribution in [1.29, 1.82) is 0 Å². The van der Waals surface area contributed by atoms with E-state index in [-0.39, 0.29) is 22.9 Å². The number of methoxy groups -OCH3 is 1. The van der Waals surface area contributed by atoms with Crippen molar-refractivity contribution in [2.24, 2.45) is 0 Å². The molecule has 9 nitrogen and oxygen atoms in total. The molecule has 1 atom stereocenters. The Morgan fingerprint density at radius 1 is 1.16 bits per heavy atom. The molecule has 0 aliphatic carbocycles. The normalized spacial score (nSPS) is 15.1. The van der Waals surface area contributed by atoms with Crippen molar-refractivity contribution >= 4 is 27.7 Å². The van der Waals surface area contributed by atoms with Crippen LogP contribution in [-0.4, -0.2) is 61.6 Å². The van der Waals surface area contributed by atoms with Crippen molar-refractivity contribution in [2.75, 3.05) is 20.2 Å². The number of likely N-dealkylation sites (N-methyl/N-ethyl adjacent to an activating group) is 1. The summed E-state index contributed by atoms with van der Waals surface area (Å²) in [6.45, 7) is 3.01. The van der Waals surface area contributed by atoms with Crippen molar-refractivity contribution in [1.82, 2.24) is 14.5 Å². The van der Waals surface area contributed by atoms with E-state index in [1.807, 2.05) is 0 Å². The van der Waals surface area contributed by atoms with E-state index in [4.69, 9.17) is 4.74 Å². The van der Waals surface area contributed by atoms with Crippen molar-refractivity contribution in [3.63, 3.8) is 0 Å². The van der Waals surface area contributed by atoms with Crippen LogP contribution in [0.1, 0.15) is 29.8 Å². The summed E-state index contributed by atoms with van der Waals surface area (Å²) >= 11 is 0. The first-order valence-electron chi connectivity index (χ1n) is 10.1. The standard InChI is InChI=1S/C22H25N3O6S/c1-4-23-21(27)15(2)24(13-16-8-7-9-17(12-16)31-3)20(26)14-25-22(28)18-10-5-6-11-19(18)32(25,29)30/h5-12,15H,4,13-14H2,1-3H3,(H,23,27)/t15-/m0/s1. The number of carbonyl (C=O) groups is 3. The van der Waals surface area contributed by atoms with E-state index in [9.17, 15) is 22.8 Å². The minimum atomic E-state index is -4.15. The minimum Gasteiger partial charge on any atom is -0.497 e. The van der Waals surface area contributed by atoms with Gasteiger partial charge in [0.1, 0.15) is 23.2 Å². The predicted octanol–water partition coefficient (Wildman–Crippen LogP) is 1.39. The summed E-state index contributed by atoms with van der Waals surface area (Å²) in [7, 11) is -2.63. The van der Waals surface area contributed by atoms with Crippen molar-refractivity contribution in [3.8, 4) is 5.75 Å². The summed E-state index contributed by atoms with van der Waals surface area (Å²) in [6.07, 6.45) is 0. The molecule has 10 heteroatoms. The van der Waals surface area contributed by atoms with Crippen molar-refractivity contribution < 1.29 is 27.5 Å². The molecule has 1 aliphatic rings. The van der Waals surface area contributed by atoms with Crippen LogP contribution in [0.5, 0.6) is 5.75 Å². The molecule has 0 saturated heterocycles. The zero-order valence-electron chi connectivity index (χ0n) is 18.1. The van der Waals surface area contributed by atoms with Gasteiger partial charge in [-0.05, 0) is 43.7 Å². The largest absolute Gasteiger partial charge is 0.497 e. The molecule has 1 aliphatic heterocycles. The molecule has 0 fully saturated rings. The van der Waals surface area contributed by atoms with Gasteiger partial charge in [0.05, 0.1) is 12.7 Å². The number of nitrogens with one attached hydrogen (secondary N) is 1. The summed E-state index contributed by atoms with van der Waals surface area (Å²) in [4.78, 5) is 39.6. The molecule has 1 N–H and O–H groups in total. The number of benzene rings is 2. The van der Waals surface area contributed by atoms with E-state index in [2.05, 4.69) is 5.32 Å². The van der Waals surface area contributed by atoms with Gasteiger partial charge in [0.25, 0.3) is 15.9 Å². The van der Waals surface area contributed by atoms with Crippen LogP contribution >= 0.6 is 0 Å². The van der Waals surface area contributed by atoms with Gasteiger partial charge in [-0.1, -0.05) is 24.3 Å². The Bertz CT molecular complexity index is 1150. The summed E-state index contributed by atoms with van der Waals surface area (Å²) in [6, 6.07) is 11.9. The minimum absolute atomic E-state index is 0.0245. The monoisotopic (exact) mass is 459 g/mol. The van der Waals surface area contributed by atoms with Crippen molar-refractivity contribution in [3.05, 3.63) is 59.7 Å². The quantitative estimate of drug-likeness (QED) is 0.638. The number of nitrogens with zero attached hydrogens (tertiary/aromatic N) is 2. The first-order valence-corrected chi connectivity index (χ1v) is 11.5. The van der Waals surface area contributed by atoms with Crippen LogP contribution in [0.15, 0.2) is 53.4 Å². The number of hydrogen-bond acceptors (Lipinski definition) is 6. The Labute approximate surface area is 187 Å². The molecule has 3 amide bonds. The predicted molar refractivity (Wildman–Crippen MR) is 116 cm³/mol. The number of hydrogen-bond donors (Lipinski definition) is 1. The van der Waals surface area contributed by atoms with E-state index in [1.165, 1.54) is 30.2 Å². The van der Waals surface area contributed by atoms with Crippen LogP contribution in [-0.2, 0) is 26.2 Å². The molecule has 0 radical (unpaired) electrons. The van der Waals surface area contributed by atoms with Crippen molar-refractivity contribution in [2.45, 2.75) is 31.3 Å². The van der Waals surface area contributed by atoms with Crippen LogP contribution in [0.3, 0.4) is 0 Å². The highest BCUT2D eigenvalue weighted by Gasteiger charge is 2.43. The van der Waals surface area contributed by atoms with Gasteiger partial charge in [-0.25, -0.2) is 12.7 Å². The fraction of sp³-hybridized carbons (Fsp3) is 0.318. The Morgan fingerprint density at radius 2 is 1.88 bits per heavy atom. The van der Waals surface area contributed by atoms with Crippen LogP contribution in [0.25, 0.3) is 0 Å². The average molecular weight is 460 g/mol. The molecule has 2 aromatic carbocycles. The highest BCUT2D eigenvalue weighted by Crippen LogP contribution is 2.30. The van der Waals surface area contributed by atoms with Crippen LogP contribution in [0.4, 0.5) is 0 Å². The second-order valence-electron chi connectivity index (χ2n) is 7.26. The Kier molecular flexibility index (Phi) is 6.83. The SMILES string of the molecule is CCNC(=O)[C@H](C)N(Cc1cccc(OC)c1)C(=O)CN1C(=O)c2ccccc2S1(=O)=O. The third-order valence-corrected chi connectivity index (χ3v) is 6.98. The van der Waals surface area contributed by atoms with Gasteiger partial charge in [-0.2, -0.15) is 0 Å². The maximum Gasteiger partial charge on any atom is 0.269 e. The summed E-state index contributed by atoms with van der Waals surface area (Å²) in [5.41, 5.74) is 0.712. The lowest BCUT2D eigenvalue weighted by Gasteiger charge is -2.30. The smallest absolute Gasteiger partial charge is 0.269 e. The molecule has 1 heterocycles. The molecular formula is C22H25N3O6S. The van der Waals surface area contributed by atoms with Gasteiger partial charge in [0, 0.05) is 13.1 Å². The van der Waals surface area contributed by atoms with E-state index in [1.54, 1.807) is 44.2 Å². The second kappa shape index (κ2) is 9.39.